The van der Waals surface area contributed by atoms with Crippen LogP contribution in [0.4, 0.5) is 0 Å². The van der Waals surface area contributed by atoms with Crippen LogP contribution in [0, 0.1) is 5.92 Å². The van der Waals surface area contributed by atoms with Gasteiger partial charge in [0.1, 0.15) is 0 Å². The van der Waals surface area contributed by atoms with E-state index in [1.54, 1.807) is 0 Å². The zero-order valence-electron chi connectivity index (χ0n) is 8.38. The van der Waals surface area contributed by atoms with Crippen LogP contribution < -0.4 is 16.4 Å². The molecule has 0 saturated carbocycles. The maximum atomic E-state index is 11.5. The van der Waals surface area contributed by atoms with E-state index in [1.807, 2.05) is 0 Å². The Labute approximate surface area is 83.4 Å². The molecule has 2 unspecified atom stereocenters. The van der Waals surface area contributed by atoms with Crippen molar-refractivity contribution in [3.63, 3.8) is 0 Å². The minimum atomic E-state index is -0.512. The first-order valence-electron chi connectivity index (χ1n) is 4.89. The summed E-state index contributed by atoms with van der Waals surface area (Å²) in [5, 5.41) is 5.61. The van der Waals surface area contributed by atoms with Gasteiger partial charge in [-0.15, -0.1) is 0 Å². The molecule has 1 rings (SSSR count). The van der Waals surface area contributed by atoms with E-state index < -0.39 is 5.91 Å². The zero-order valence-corrected chi connectivity index (χ0v) is 8.38. The fourth-order valence-electron chi connectivity index (χ4n) is 1.60. The van der Waals surface area contributed by atoms with Gasteiger partial charge >= 0.3 is 0 Å². The van der Waals surface area contributed by atoms with Gasteiger partial charge in [-0.25, -0.2) is 0 Å². The SMILES string of the molecule is CC1CCNC(C(=O)NCC(N)=O)C1. The zero-order chi connectivity index (χ0) is 10.6. The minimum absolute atomic E-state index is 0.0780. The first-order chi connectivity index (χ1) is 6.59. The van der Waals surface area contributed by atoms with Crippen LogP contribution in [0.3, 0.4) is 0 Å². The fraction of sp³-hybridized carbons (Fsp3) is 0.778. The first-order valence-corrected chi connectivity index (χ1v) is 4.89. The lowest BCUT2D eigenvalue weighted by Gasteiger charge is -2.26. The number of primary amides is 1. The highest BCUT2D eigenvalue weighted by Crippen LogP contribution is 2.14. The van der Waals surface area contributed by atoms with E-state index in [0.717, 1.165) is 19.4 Å². The third-order valence-electron chi connectivity index (χ3n) is 2.42. The normalized spacial score (nSPS) is 26.9. The number of rotatable bonds is 3. The molecular formula is C9H17N3O2. The lowest BCUT2D eigenvalue weighted by molar-refractivity contribution is -0.126. The molecule has 4 N–H and O–H groups in total. The van der Waals surface area contributed by atoms with Crippen molar-refractivity contribution in [2.45, 2.75) is 25.8 Å². The number of nitrogens with two attached hydrogens (primary N) is 1. The van der Waals surface area contributed by atoms with Crippen LogP contribution in [0.1, 0.15) is 19.8 Å². The van der Waals surface area contributed by atoms with E-state index in [-0.39, 0.29) is 18.5 Å². The van der Waals surface area contributed by atoms with Gasteiger partial charge in [0, 0.05) is 0 Å². The minimum Gasteiger partial charge on any atom is -0.368 e. The van der Waals surface area contributed by atoms with Gasteiger partial charge in [-0.1, -0.05) is 6.92 Å². The lowest BCUT2D eigenvalue weighted by atomic mass is 9.94. The highest BCUT2D eigenvalue weighted by molar-refractivity contribution is 5.86. The molecule has 0 radical (unpaired) electrons. The largest absolute Gasteiger partial charge is 0.368 e. The van der Waals surface area contributed by atoms with Crippen molar-refractivity contribution >= 4 is 11.8 Å². The molecule has 0 aromatic carbocycles. The standard InChI is InChI=1S/C9H17N3O2/c1-6-2-3-11-7(4-6)9(14)12-5-8(10)13/h6-7,11H,2-5H2,1H3,(H2,10,13)(H,12,14). The number of hydrogen-bond acceptors (Lipinski definition) is 3. The topological polar surface area (TPSA) is 84.2 Å². The average molecular weight is 199 g/mol. The van der Waals surface area contributed by atoms with Crippen molar-refractivity contribution in [3.05, 3.63) is 0 Å². The van der Waals surface area contributed by atoms with Gasteiger partial charge in [-0.2, -0.15) is 0 Å². The maximum absolute atomic E-state index is 11.5. The highest BCUT2D eigenvalue weighted by atomic mass is 16.2. The van der Waals surface area contributed by atoms with E-state index in [4.69, 9.17) is 5.73 Å². The van der Waals surface area contributed by atoms with Crippen LogP contribution in [-0.2, 0) is 9.59 Å². The second kappa shape index (κ2) is 4.95. The van der Waals surface area contributed by atoms with E-state index in [2.05, 4.69) is 17.6 Å². The fourth-order valence-corrected chi connectivity index (χ4v) is 1.60. The summed E-state index contributed by atoms with van der Waals surface area (Å²) in [7, 11) is 0. The van der Waals surface area contributed by atoms with Crippen LogP contribution in [0.25, 0.3) is 0 Å². The predicted octanol–water partition coefficient (Wildman–Crippen LogP) is -1.02. The van der Waals surface area contributed by atoms with E-state index in [0.29, 0.717) is 5.92 Å². The van der Waals surface area contributed by atoms with E-state index in [1.165, 1.54) is 0 Å². The summed E-state index contributed by atoms with van der Waals surface area (Å²) in [5.74, 6) is -0.0851. The van der Waals surface area contributed by atoms with E-state index >= 15 is 0 Å². The van der Waals surface area contributed by atoms with Gasteiger partial charge in [0.05, 0.1) is 12.6 Å². The maximum Gasteiger partial charge on any atom is 0.237 e. The molecule has 14 heavy (non-hydrogen) atoms. The first kappa shape index (κ1) is 11.0. The Morgan fingerprint density at radius 1 is 1.57 bits per heavy atom. The Hall–Kier alpha value is -1.10. The predicted molar refractivity (Wildman–Crippen MR) is 52.4 cm³/mol. The van der Waals surface area contributed by atoms with Gasteiger partial charge < -0.3 is 16.4 Å². The number of carbonyl (C=O) groups is 2. The molecule has 5 nitrogen and oxygen atoms in total. The quantitative estimate of drug-likeness (QED) is 0.543. The molecule has 2 amide bonds. The number of nitrogens with one attached hydrogen (secondary N) is 2. The number of piperidine rings is 1. The van der Waals surface area contributed by atoms with Crippen LogP contribution >= 0.6 is 0 Å². The van der Waals surface area contributed by atoms with Crippen LogP contribution in [0.2, 0.25) is 0 Å². The molecule has 1 aliphatic rings. The summed E-state index contributed by atoms with van der Waals surface area (Å²) in [6.07, 6.45) is 1.92. The molecule has 1 saturated heterocycles. The number of hydrogen-bond donors (Lipinski definition) is 3. The Morgan fingerprint density at radius 3 is 2.86 bits per heavy atom. The van der Waals surface area contributed by atoms with E-state index in [9.17, 15) is 9.59 Å². The van der Waals surface area contributed by atoms with Crippen molar-refractivity contribution in [2.24, 2.45) is 11.7 Å². The van der Waals surface area contributed by atoms with Crippen molar-refractivity contribution in [1.29, 1.82) is 0 Å². The summed E-state index contributed by atoms with van der Waals surface area (Å²) >= 11 is 0. The van der Waals surface area contributed by atoms with Crippen molar-refractivity contribution in [2.75, 3.05) is 13.1 Å². The third kappa shape index (κ3) is 3.33. The molecule has 1 aliphatic heterocycles. The lowest BCUT2D eigenvalue weighted by Crippen LogP contribution is -2.49. The molecule has 1 fully saturated rings. The molecule has 80 valence electrons. The van der Waals surface area contributed by atoms with Crippen molar-refractivity contribution < 1.29 is 9.59 Å². The summed E-state index contributed by atoms with van der Waals surface area (Å²) < 4.78 is 0. The summed E-state index contributed by atoms with van der Waals surface area (Å²) in [6, 6.07) is -0.168. The second-order valence-electron chi connectivity index (χ2n) is 3.82. The molecule has 0 aliphatic carbocycles. The Balaban J connectivity index is 2.32. The van der Waals surface area contributed by atoms with Crippen LogP contribution in [-0.4, -0.2) is 30.9 Å². The monoisotopic (exact) mass is 199 g/mol. The molecule has 5 heteroatoms. The van der Waals surface area contributed by atoms with Gasteiger partial charge in [-0.05, 0) is 25.3 Å². The number of carbonyl (C=O) groups excluding carboxylic acids is 2. The molecule has 0 aromatic heterocycles. The van der Waals surface area contributed by atoms with Gasteiger partial charge in [-0.3, -0.25) is 9.59 Å². The van der Waals surface area contributed by atoms with Crippen molar-refractivity contribution in [3.8, 4) is 0 Å². The smallest absolute Gasteiger partial charge is 0.237 e. The summed E-state index contributed by atoms with van der Waals surface area (Å²) in [6.45, 7) is 2.90. The average Bonchev–Trinajstić information content (AvgIpc) is 2.14. The van der Waals surface area contributed by atoms with Gasteiger partial charge in [0.2, 0.25) is 11.8 Å². The summed E-state index contributed by atoms with van der Waals surface area (Å²) in [4.78, 5) is 21.9. The molecule has 2 atom stereocenters. The molecule has 1 heterocycles. The van der Waals surface area contributed by atoms with Crippen LogP contribution in [0.15, 0.2) is 0 Å². The summed E-state index contributed by atoms with van der Waals surface area (Å²) in [5.41, 5.74) is 4.92. The molecule has 0 spiro atoms. The second-order valence-corrected chi connectivity index (χ2v) is 3.82. The Kier molecular flexibility index (Phi) is 3.88. The molecule has 0 bridgehead atoms. The third-order valence-corrected chi connectivity index (χ3v) is 2.42. The highest BCUT2D eigenvalue weighted by Gasteiger charge is 2.24. The van der Waals surface area contributed by atoms with Crippen LogP contribution in [0.5, 0.6) is 0 Å². The molecular weight excluding hydrogens is 182 g/mol. The Bertz CT molecular complexity index is 230. The number of amides is 2. The van der Waals surface area contributed by atoms with Crippen molar-refractivity contribution in [1.82, 2.24) is 10.6 Å². The van der Waals surface area contributed by atoms with Gasteiger partial charge in [0.15, 0.2) is 0 Å². The van der Waals surface area contributed by atoms with Gasteiger partial charge in [0.25, 0.3) is 0 Å². The Morgan fingerprint density at radius 2 is 2.29 bits per heavy atom. The molecule has 0 aromatic rings.